The number of aromatic amines is 1. The Labute approximate surface area is 122 Å². The highest BCUT2D eigenvalue weighted by atomic mass is 14.7. The summed E-state index contributed by atoms with van der Waals surface area (Å²) in [6.07, 6.45) is 3.73. The highest BCUT2D eigenvalue weighted by molar-refractivity contribution is 5.97. The number of rotatable bonds is 2. The predicted octanol–water partition coefficient (Wildman–Crippen LogP) is 4.10. The van der Waals surface area contributed by atoms with Crippen LogP contribution in [0.2, 0.25) is 0 Å². The first kappa shape index (κ1) is 12.7. The molecule has 0 aliphatic rings. The molecule has 0 bridgehead atoms. The third-order valence-corrected chi connectivity index (χ3v) is 3.34. The van der Waals surface area contributed by atoms with Gasteiger partial charge in [0.25, 0.3) is 0 Å². The van der Waals surface area contributed by atoms with Gasteiger partial charge in [0.1, 0.15) is 0 Å². The maximum absolute atomic E-state index is 9.40. The summed E-state index contributed by atoms with van der Waals surface area (Å²) >= 11 is 0. The van der Waals surface area contributed by atoms with Crippen LogP contribution in [0.1, 0.15) is 16.7 Å². The fourth-order valence-electron chi connectivity index (χ4n) is 2.31. The van der Waals surface area contributed by atoms with Crippen molar-refractivity contribution >= 4 is 22.6 Å². The molecule has 1 N–H and O–H groups in total. The molecule has 0 amide bonds. The number of hydrogen-bond acceptors (Lipinski definition) is 2. The van der Waals surface area contributed by atoms with Crippen LogP contribution in [0.3, 0.4) is 0 Å². The first-order valence-corrected chi connectivity index (χ1v) is 6.50. The van der Waals surface area contributed by atoms with E-state index in [0.717, 1.165) is 22.0 Å². The van der Waals surface area contributed by atoms with Crippen LogP contribution in [0, 0.1) is 22.7 Å². The van der Waals surface area contributed by atoms with Crippen LogP contribution in [0.5, 0.6) is 0 Å². The van der Waals surface area contributed by atoms with Gasteiger partial charge in [0.15, 0.2) is 0 Å². The maximum Gasteiger partial charge on any atom is 0.0998 e. The fourth-order valence-corrected chi connectivity index (χ4v) is 2.31. The minimum absolute atomic E-state index is 0.539. The van der Waals surface area contributed by atoms with E-state index in [2.05, 4.69) is 17.1 Å². The molecule has 0 unspecified atom stereocenters. The van der Waals surface area contributed by atoms with Crippen LogP contribution in [-0.4, -0.2) is 4.98 Å². The molecule has 3 aromatic rings. The Bertz CT molecular complexity index is 917. The second-order valence-electron chi connectivity index (χ2n) is 4.65. The third-order valence-electron chi connectivity index (χ3n) is 3.34. The maximum atomic E-state index is 9.40. The Morgan fingerprint density at radius 1 is 1.05 bits per heavy atom. The SMILES string of the molecule is N#C/C(=C\c1c[nH]c2ccccc12)c1cccc(C#N)c1. The molecule has 98 valence electrons. The quantitative estimate of drug-likeness (QED) is 0.712. The Morgan fingerprint density at radius 3 is 2.71 bits per heavy atom. The van der Waals surface area contributed by atoms with Gasteiger partial charge < -0.3 is 4.98 Å². The Balaban J connectivity index is 2.11. The van der Waals surface area contributed by atoms with E-state index in [9.17, 15) is 5.26 Å². The lowest BCUT2D eigenvalue weighted by molar-refractivity contribution is 1.46. The standard InChI is InChI=1S/C18H11N3/c19-10-13-4-3-5-14(8-13)15(11-20)9-16-12-21-18-7-2-1-6-17(16)18/h1-9,12,21H/b15-9+. The van der Waals surface area contributed by atoms with E-state index in [4.69, 9.17) is 5.26 Å². The summed E-state index contributed by atoms with van der Waals surface area (Å²) in [5.74, 6) is 0. The second-order valence-corrected chi connectivity index (χ2v) is 4.65. The molecule has 3 nitrogen and oxygen atoms in total. The van der Waals surface area contributed by atoms with Gasteiger partial charge in [-0.3, -0.25) is 0 Å². The van der Waals surface area contributed by atoms with Crippen LogP contribution in [0.15, 0.2) is 54.7 Å². The smallest absolute Gasteiger partial charge is 0.0998 e. The Morgan fingerprint density at radius 2 is 1.90 bits per heavy atom. The molecule has 3 rings (SSSR count). The zero-order valence-corrected chi connectivity index (χ0v) is 11.2. The largest absolute Gasteiger partial charge is 0.361 e. The van der Waals surface area contributed by atoms with Gasteiger partial charge in [0.2, 0.25) is 0 Å². The molecule has 21 heavy (non-hydrogen) atoms. The van der Waals surface area contributed by atoms with Crippen molar-refractivity contribution in [1.29, 1.82) is 10.5 Å². The van der Waals surface area contributed by atoms with Gasteiger partial charge in [-0.2, -0.15) is 10.5 Å². The minimum Gasteiger partial charge on any atom is -0.361 e. The molecule has 3 heteroatoms. The van der Waals surface area contributed by atoms with Crippen LogP contribution in [0.25, 0.3) is 22.6 Å². The number of nitriles is 2. The molecule has 0 atom stereocenters. The number of benzene rings is 2. The Hall–Kier alpha value is -3.30. The lowest BCUT2D eigenvalue weighted by Gasteiger charge is -2.00. The van der Waals surface area contributed by atoms with E-state index >= 15 is 0 Å². The zero-order chi connectivity index (χ0) is 14.7. The molecule has 0 aliphatic heterocycles. The molecule has 0 aliphatic carbocycles. The molecule has 0 spiro atoms. The van der Waals surface area contributed by atoms with Gasteiger partial charge in [-0.1, -0.05) is 30.3 Å². The van der Waals surface area contributed by atoms with Gasteiger partial charge in [-0.05, 0) is 29.8 Å². The van der Waals surface area contributed by atoms with Crippen molar-refractivity contribution in [2.24, 2.45) is 0 Å². The van der Waals surface area contributed by atoms with E-state index in [1.165, 1.54) is 0 Å². The first-order chi connectivity index (χ1) is 10.3. The van der Waals surface area contributed by atoms with E-state index in [1.54, 1.807) is 18.2 Å². The summed E-state index contributed by atoms with van der Waals surface area (Å²) < 4.78 is 0. The normalized spacial score (nSPS) is 11.0. The average molecular weight is 269 g/mol. The van der Waals surface area contributed by atoms with Crippen molar-refractivity contribution in [2.45, 2.75) is 0 Å². The number of para-hydroxylation sites is 1. The summed E-state index contributed by atoms with van der Waals surface area (Å²) in [5.41, 5.74) is 3.84. The lowest BCUT2D eigenvalue weighted by atomic mass is 10.0. The molecular weight excluding hydrogens is 258 g/mol. The second kappa shape index (κ2) is 5.36. The molecule has 1 aromatic heterocycles. The van der Waals surface area contributed by atoms with Gasteiger partial charge in [0.05, 0.1) is 23.3 Å². The minimum atomic E-state index is 0.539. The monoisotopic (exact) mass is 269 g/mol. The van der Waals surface area contributed by atoms with Crippen LogP contribution < -0.4 is 0 Å². The number of nitrogens with one attached hydrogen (secondary N) is 1. The molecular formula is C18H11N3. The summed E-state index contributed by atoms with van der Waals surface area (Å²) in [5, 5.41) is 19.4. The molecule has 0 radical (unpaired) electrons. The van der Waals surface area contributed by atoms with Crippen molar-refractivity contribution in [2.75, 3.05) is 0 Å². The van der Waals surface area contributed by atoms with E-state index in [0.29, 0.717) is 11.1 Å². The van der Waals surface area contributed by atoms with Crippen LogP contribution in [0.4, 0.5) is 0 Å². The average Bonchev–Trinajstić information content (AvgIpc) is 2.95. The Kier molecular flexibility index (Phi) is 3.25. The molecule has 0 fully saturated rings. The summed E-state index contributed by atoms with van der Waals surface area (Å²) in [6, 6.07) is 19.3. The summed E-state index contributed by atoms with van der Waals surface area (Å²) in [4.78, 5) is 3.19. The van der Waals surface area contributed by atoms with E-state index in [-0.39, 0.29) is 0 Å². The predicted molar refractivity (Wildman–Crippen MR) is 82.9 cm³/mol. The third kappa shape index (κ3) is 2.41. The summed E-state index contributed by atoms with van der Waals surface area (Å²) in [6.45, 7) is 0. The molecule has 0 saturated carbocycles. The first-order valence-electron chi connectivity index (χ1n) is 6.50. The van der Waals surface area contributed by atoms with Crippen LogP contribution in [-0.2, 0) is 0 Å². The van der Waals surface area contributed by atoms with Crippen LogP contribution >= 0.6 is 0 Å². The van der Waals surface area contributed by atoms with Gasteiger partial charge >= 0.3 is 0 Å². The molecule has 0 saturated heterocycles. The number of nitrogens with zero attached hydrogens (tertiary/aromatic N) is 2. The number of allylic oxidation sites excluding steroid dienone is 1. The van der Waals surface area contributed by atoms with Crippen molar-refractivity contribution in [1.82, 2.24) is 4.98 Å². The zero-order valence-electron chi connectivity index (χ0n) is 11.2. The van der Waals surface area contributed by atoms with Crippen molar-refractivity contribution in [3.8, 4) is 12.1 Å². The van der Waals surface area contributed by atoms with Crippen molar-refractivity contribution < 1.29 is 0 Å². The number of H-pyrrole nitrogens is 1. The van der Waals surface area contributed by atoms with E-state index in [1.807, 2.05) is 42.6 Å². The topological polar surface area (TPSA) is 63.4 Å². The van der Waals surface area contributed by atoms with Crippen molar-refractivity contribution in [3.05, 3.63) is 71.4 Å². The van der Waals surface area contributed by atoms with E-state index < -0.39 is 0 Å². The highest BCUT2D eigenvalue weighted by Crippen LogP contribution is 2.24. The number of aromatic nitrogens is 1. The molecule has 1 heterocycles. The summed E-state index contributed by atoms with van der Waals surface area (Å²) in [7, 11) is 0. The van der Waals surface area contributed by atoms with Gasteiger partial charge in [0, 0.05) is 22.7 Å². The molecule has 2 aromatic carbocycles. The van der Waals surface area contributed by atoms with Crippen molar-refractivity contribution in [3.63, 3.8) is 0 Å². The van der Waals surface area contributed by atoms with Gasteiger partial charge in [-0.15, -0.1) is 0 Å². The number of fused-ring (bicyclic) bond motifs is 1. The number of hydrogen-bond donors (Lipinski definition) is 1. The lowest BCUT2D eigenvalue weighted by Crippen LogP contribution is -1.83. The van der Waals surface area contributed by atoms with Gasteiger partial charge in [-0.25, -0.2) is 0 Å². The highest BCUT2D eigenvalue weighted by Gasteiger charge is 2.05. The fraction of sp³-hybridized carbons (Fsp3) is 0.